The summed E-state index contributed by atoms with van der Waals surface area (Å²) in [7, 11) is 3.59. The lowest BCUT2D eigenvalue weighted by atomic mass is 9.96. The molecule has 0 saturated carbocycles. The Bertz CT molecular complexity index is 598. The van der Waals surface area contributed by atoms with Crippen molar-refractivity contribution in [3.05, 3.63) is 6.33 Å². The highest BCUT2D eigenvalue weighted by Crippen LogP contribution is 2.28. The van der Waals surface area contributed by atoms with Gasteiger partial charge in [-0.2, -0.15) is 9.97 Å². The second-order valence-corrected chi connectivity index (χ2v) is 5.21. The highest BCUT2D eigenvalue weighted by molar-refractivity contribution is 5.84. The van der Waals surface area contributed by atoms with Gasteiger partial charge in [-0.05, 0) is 12.3 Å². The Morgan fingerprint density at radius 2 is 2.30 bits per heavy atom. The van der Waals surface area contributed by atoms with Crippen LogP contribution in [0.25, 0.3) is 11.2 Å². The minimum Gasteiger partial charge on any atom is -0.379 e. The minimum atomic E-state index is 0.231. The van der Waals surface area contributed by atoms with E-state index in [2.05, 4.69) is 37.1 Å². The summed E-state index contributed by atoms with van der Waals surface area (Å²) < 4.78 is 5.58. The van der Waals surface area contributed by atoms with Gasteiger partial charge in [-0.15, -0.1) is 0 Å². The lowest BCUT2D eigenvalue weighted by Crippen LogP contribution is -2.44. The molecular formula is C13H20N6O. The van der Waals surface area contributed by atoms with Crippen LogP contribution in [0.2, 0.25) is 0 Å². The summed E-state index contributed by atoms with van der Waals surface area (Å²) in [5.41, 5.74) is 1.57. The SMILES string of the molecule is CNc1nc(N2CCC(C)C(OC)C2)c2[nH]cnc2n1. The highest BCUT2D eigenvalue weighted by Gasteiger charge is 2.28. The smallest absolute Gasteiger partial charge is 0.226 e. The topological polar surface area (TPSA) is 79.0 Å². The lowest BCUT2D eigenvalue weighted by Gasteiger charge is -2.36. The molecule has 0 radical (unpaired) electrons. The molecule has 0 bridgehead atoms. The molecule has 7 nitrogen and oxygen atoms in total. The van der Waals surface area contributed by atoms with Gasteiger partial charge in [0.15, 0.2) is 11.5 Å². The van der Waals surface area contributed by atoms with Crippen LogP contribution in [-0.2, 0) is 4.74 Å². The van der Waals surface area contributed by atoms with Crippen molar-refractivity contribution in [3.8, 4) is 0 Å². The Balaban J connectivity index is 1.98. The van der Waals surface area contributed by atoms with E-state index in [1.165, 1.54) is 0 Å². The molecule has 0 aromatic carbocycles. The second-order valence-electron chi connectivity index (χ2n) is 5.21. The third kappa shape index (κ3) is 2.18. The van der Waals surface area contributed by atoms with Gasteiger partial charge in [0.05, 0.1) is 12.4 Å². The average molecular weight is 276 g/mol. The maximum atomic E-state index is 5.58. The van der Waals surface area contributed by atoms with Crippen LogP contribution in [0.5, 0.6) is 0 Å². The molecule has 2 aromatic heterocycles. The van der Waals surface area contributed by atoms with E-state index in [1.807, 2.05) is 7.05 Å². The van der Waals surface area contributed by atoms with Crippen LogP contribution in [-0.4, -0.2) is 53.3 Å². The molecule has 0 amide bonds. The molecule has 2 unspecified atom stereocenters. The molecule has 2 N–H and O–H groups in total. The number of nitrogens with one attached hydrogen (secondary N) is 2. The number of aromatic nitrogens is 4. The zero-order valence-electron chi connectivity index (χ0n) is 12.1. The molecular weight excluding hydrogens is 256 g/mol. The van der Waals surface area contributed by atoms with Crippen LogP contribution in [0, 0.1) is 5.92 Å². The van der Waals surface area contributed by atoms with Crippen LogP contribution in [0.1, 0.15) is 13.3 Å². The van der Waals surface area contributed by atoms with E-state index in [4.69, 9.17) is 4.74 Å². The zero-order chi connectivity index (χ0) is 14.1. The van der Waals surface area contributed by atoms with Crippen molar-refractivity contribution in [1.82, 2.24) is 19.9 Å². The average Bonchev–Trinajstić information content (AvgIpc) is 2.95. The van der Waals surface area contributed by atoms with Crippen LogP contribution >= 0.6 is 0 Å². The van der Waals surface area contributed by atoms with Crippen LogP contribution in [0.15, 0.2) is 6.33 Å². The van der Waals surface area contributed by atoms with Crippen molar-refractivity contribution in [2.75, 3.05) is 37.5 Å². The van der Waals surface area contributed by atoms with E-state index in [0.29, 0.717) is 17.5 Å². The quantitative estimate of drug-likeness (QED) is 0.878. The van der Waals surface area contributed by atoms with E-state index in [1.54, 1.807) is 13.4 Å². The van der Waals surface area contributed by atoms with Gasteiger partial charge in [0.25, 0.3) is 0 Å². The van der Waals surface area contributed by atoms with Gasteiger partial charge in [-0.3, -0.25) is 0 Å². The largest absolute Gasteiger partial charge is 0.379 e. The van der Waals surface area contributed by atoms with Crippen molar-refractivity contribution in [2.24, 2.45) is 5.92 Å². The fraction of sp³-hybridized carbons (Fsp3) is 0.615. The van der Waals surface area contributed by atoms with Crippen LogP contribution in [0.3, 0.4) is 0 Å². The van der Waals surface area contributed by atoms with E-state index < -0.39 is 0 Å². The molecule has 20 heavy (non-hydrogen) atoms. The molecule has 1 aliphatic rings. The number of anilines is 2. The molecule has 3 rings (SSSR count). The van der Waals surface area contributed by atoms with Crippen molar-refractivity contribution < 1.29 is 4.74 Å². The predicted molar refractivity (Wildman–Crippen MR) is 78.0 cm³/mol. The fourth-order valence-electron chi connectivity index (χ4n) is 2.69. The van der Waals surface area contributed by atoms with Gasteiger partial charge < -0.3 is 19.9 Å². The number of rotatable bonds is 3. The Labute approximate surface area is 117 Å². The predicted octanol–water partition coefficient (Wildman–Crippen LogP) is 1.26. The summed E-state index contributed by atoms with van der Waals surface area (Å²) in [6.07, 6.45) is 2.98. The summed E-state index contributed by atoms with van der Waals surface area (Å²) in [6.45, 7) is 4.04. The Morgan fingerprint density at radius 1 is 1.45 bits per heavy atom. The number of nitrogens with zero attached hydrogens (tertiary/aromatic N) is 4. The Kier molecular flexibility index (Phi) is 3.43. The van der Waals surface area contributed by atoms with Crippen molar-refractivity contribution >= 4 is 22.9 Å². The molecule has 1 fully saturated rings. The second kappa shape index (κ2) is 5.24. The number of hydrogen-bond acceptors (Lipinski definition) is 6. The van der Waals surface area contributed by atoms with Gasteiger partial charge in [0.1, 0.15) is 5.52 Å². The number of hydrogen-bond donors (Lipinski definition) is 2. The first kappa shape index (κ1) is 13.1. The summed E-state index contributed by atoms with van der Waals surface area (Å²) >= 11 is 0. The molecule has 108 valence electrons. The summed E-state index contributed by atoms with van der Waals surface area (Å²) in [5, 5.41) is 2.99. The van der Waals surface area contributed by atoms with Gasteiger partial charge in [-0.1, -0.05) is 6.92 Å². The maximum absolute atomic E-state index is 5.58. The number of imidazole rings is 1. The first-order valence-electron chi connectivity index (χ1n) is 6.89. The van der Waals surface area contributed by atoms with Gasteiger partial charge in [0.2, 0.25) is 5.95 Å². The first-order chi connectivity index (χ1) is 9.72. The molecule has 1 saturated heterocycles. The fourth-order valence-corrected chi connectivity index (χ4v) is 2.69. The number of methoxy groups -OCH3 is 1. The van der Waals surface area contributed by atoms with Gasteiger partial charge >= 0.3 is 0 Å². The minimum absolute atomic E-state index is 0.231. The molecule has 1 aliphatic heterocycles. The Morgan fingerprint density at radius 3 is 3.05 bits per heavy atom. The van der Waals surface area contributed by atoms with Crippen LogP contribution in [0.4, 0.5) is 11.8 Å². The van der Waals surface area contributed by atoms with E-state index in [-0.39, 0.29) is 6.10 Å². The molecule has 2 aromatic rings. The number of fused-ring (bicyclic) bond motifs is 1. The normalized spacial score (nSPS) is 23.2. The number of piperidine rings is 1. The van der Waals surface area contributed by atoms with Crippen LogP contribution < -0.4 is 10.2 Å². The van der Waals surface area contributed by atoms with E-state index in [0.717, 1.165) is 30.8 Å². The first-order valence-corrected chi connectivity index (χ1v) is 6.89. The maximum Gasteiger partial charge on any atom is 0.226 e. The zero-order valence-corrected chi connectivity index (χ0v) is 12.1. The van der Waals surface area contributed by atoms with Gasteiger partial charge in [0, 0.05) is 27.2 Å². The summed E-state index contributed by atoms with van der Waals surface area (Å²) in [6, 6.07) is 0. The van der Waals surface area contributed by atoms with Gasteiger partial charge in [-0.25, -0.2) is 4.98 Å². The third-order valence-electron chi connectivity index (χ3n) is 3.98. The number of ether oxygens (including phenoxy) is 1. The molecule has 7 heteroatoms. The molecule has 0 spiro atoms. The molecule has 2 atom stereocenters. The summed E-state index contributed by atoms with van der Waals surface area (Å²) in [5.74, 6) is 2.05. The van der Waals surface area contributed by atoms with Crippen molar-refractivity contribution in [1.29, 1.82) is 0 Å². The summed E-state index contributed by atoms with van der Waals surface area (Å²) in [4.78, 5) is 18.5. The van der Waals surface area contributed by atoms with E-state index >= 15 is 0 Å². The van der Waals surface area contributed by atoms with E-state index in [9.17, 15) is 0 Å². The third-order valence-corrected chi connectivity index (χ3v) is 3.98. The number of aromatic amines is 1. The monoisotopic (exact) mass is 276 g/mol. The van der Waals surface area contributed by atoms with Crippen molar-refractivity contribution in [3.63, 3.8) is 0 Å². The highest BCUT2D eigenvalue weighted by atomic mass is 16.5. The lowest BCUT2D eigenvalue weighted by molar-refractivity contribution is 0.0497. The molecule has 3 heterocycles. The number of H-pyrrole nitrogens is 1. The molecule has 0 aliphatic carbocycles. The Hall–Kier alpha value is -1.89. The van der Waals surface area contributed by atoms with Crippen molar-refractivity contribution in [2.45, 2.75) is 19.4 Å². The standard InChI is InChI=1S/C13H20N6O/c1-8-4-5-19(6-9(8)20-3)12-10-11(16-7-15-10)17-13(14-2)18-12/h7-9H,4-6H2,1-3H3,(H2,14,15,16,17,18).